The van der Waals surface area contributed by atoms with Gasteiger partial charge in [0.25, 0.3) is 0 Å². The second kappa shape index (κ2) is 6.17. The number of aromatic nitrogens is 1. The Hall–Kier alpha value is -2.26. The standard InChI is InChI=1S/C23H23NOS/c1-14-9-7-11-19(16(14)3)23(17(4)25)13-12-20-21(23)26-22(24-20)18-10-6-5-8-15(18)2/h5-11H,12-13H2,1-4H3/t23-/m1/s1. The van der Waals surface area contributed by atoms with Crippen molar-refractivity contribution in [2.45, 2.75) is 46.0 Å². The lowest BCUT2D eigenvalue weighted by molar-refractivity contribution is -0.121. The van der Waals surface area contributed by atoms with Crippen molar-refractivity contribution in [3.63, 3.8) is 0 Å². The molecular formula is C23H23NOS. The van der Waals surface area contributed by atoms with Gasteiger partial charge in [0.15, 0.2) is 0 Å². The minimum absolute atomic E-state index is 0.227. The zero-order valence-corrected chi connectivity index (χ0v) is 16.5. The van der Waals surface area contributed by atoms with Crippen LogP contribution in [0, 0.1) is 20.8 Å². The molecule has 132 valence electrons. The molecule has 0 aliphatic heterocycles. The van der Waals surface area contributed by atoms with Crippen LogP contribution >= 0.6 is 11.3 Å². The van der Waals surface area contributed by atoms with Crippen molar-refractivity contribution in [3.05, 3.63) is 75.3 Å². The number of benzene rings is 2. The Morgan fingerprint density at radius 3 is 2.50 bits per heavy atom. The van der Waals surface area contributed by atoms with Crippen molar-refractivity contribution >= 4 is 17.1 Å². The van der Waals surface area contributed by atoms with Gasteiger partial charge in [0.2, 0.25) is 0 Å². The fraction of sp³-hybridized carbons (Fsp3) is 0.304. The smallest absolute Gasteiger partial charge is 0.145 e. The number of hydrogen-bond donors (Lipinski definition) is 0. The van der Waals surface area contributed by atoms with Gasteiger partial charge in [-0.15, -0.1) is 11.3 Å². The van der Waals surface area contributed by atoms with E-state index in [9.17, 15) is 4.79 Å². The Morgan fingerprint density at radius 1 is 1.04 bits per heavy atom. The highest BCUT2D eigenvalue weighted by Crippen LogP contribution is 2.50. The maximum Gasteiger partial charge on any atom is 0.145 e. The number of aryl methyl sites for hydroxylation is 3. The molecule has 1 heterocycles. The van der Waals surface area contributed by atoms with Crippen LogP contribution in [0.4, 0.5) is 0 Å². The summed E-state index contributed by atoms with van der Waals surface area (Å²) in [7, 11) is 0. The normalized spacial score (nSPS) is 18.8. The van der Waals surface area contributed by atoms with Crippen LogP contribution in [0.5, 0.6) is 0 Å². The number of hydrogen-bond acceptors (Lipinski definition) is 3. The van der Waals surface area contributed by atoms with E-state index in [4.69, 9.17) is 4.98 Å². The molecule has 3 aromatic rings. The van der Waals surface area contributed by atoms with Gasteiger partial charge in [0.1, 0.15) is 10.8 Å². The van der Waals surface area contributed by atoms with Crippen LogP contribution in [0.1, 0.15) is 46.2 Å². The first-order chi connectivity index (χ1) is 12.4. The lowest BCUT2D eigenvalue weighted by atomic mass is 9.74. The molecule has 0 saturated carbocycles. The van der Waals surface area contributed by atoms with Crippen molar-refractivity contribution in [1.29, 1.82) is 0 Å². The van der Waals surface area contributed by atoms with E-state index in [2.05, 4.69) is 63.2 Å². The summed E-state index contributed by atoms with van der Waals surface area (Å²) in [4.78, 5) is 19.1. The second-order valence-electron chi connectivity index (χ2n) is 7.32. The summed E-state index contributed by atoms with van der Waals surface area (Å²) in [6.45, 7) is 8.11. The van der Waals surface area contributed by atoms with E-state index < -0.39 is 5.41 Å². The number of nitrogens with zero attached hydrogens (tertiary/aromatic N) is 1. The largest absolute Gasteiger partial charge is 0.299 e. The Balaban J connectivity index is 1.93. The lowest BCUT2D eigenvalue weighted by Gasteiger charge is -2.29. The molecule has 1 aliphatic carbocycles. The van der Waals surface area contributed by atoms with Crippen LogP contribution < -0.4 is 0 Å². The highest BCUT2D eigenvalue weighted by atomic mass is 32.1. The molecule has 3 heteroatoms. The van der Waals surface area contributed by atoms with E-state index in [-0.39, 0.29) is 5.78 Å². The van der Waals surface area contributed by atoms with Crippen molar-refractivity contribution in [3.8, 4) is 10.6 Å². The molecule has 1 atom stereocenters. The Morgan fingerprint density at radius 2 is 1.77 bits per heavy atom. The Bertz CT molecular complexity index is 1020. The molecule has 1 aromatic heterocycles. The number of carbonyl (C=O) groups excluding carboxylic acids is 1. The van der Waals surface area contributed by atoms with E-state index in [1.807, 2.05) is 0 Å². The van der Waals surface area contributed by atoms with Gasteiger partial charge in [-0.2, -0.15) is 0 Å². The monoisotopic (exact) mass is 361 g/mol. The number of Topliss-reactive ketones (excluding diaryl/α,β-unsaturated/α-hetero) is 1. The van der Waals surface area contributed by atoms with Gasteiger partial charge in [0.05, 0.1) is 11.1 Å². The molecule has 2 aromatic carbocycles. The van der Waals surface area contributed by atoms with E-state index in [0.29, 0.717) is 0 Å². The van der Waals surface area contributed by atoms with Crippen LogP contribution in [0.2, 0.25) is 0 Å². The third-order valence-corrected chi connectivity index (χ3v) is 7.16. The van der Waals surface area contributed by atoms with E-state index in [0.717, 1.165) is 34.0 Å². The summed E-state index contributed by atoms with van der Waals surface area (Å²) in [6.07, 6.45) is 1.69. The predicted molar refractivity (Wildman–Crippen MR) is 108 cm³/mol. The SMILES string of the molecule is CC(=O)[C@@]1(c2cccc(C)c2C)CCc2nc(-c3ccccc3C)sc21. The van der Waals surface area contributed by atoms with Gasteiger partial charge >= 0.3 is 0 Å². The summed E-state index contributed by atoms with van der Waals surface area (Å²) >= 11 is 1.70. The summed E-state index contributed by atoms with van der Waals surface area (Å²) in [5.74, 6) is 0.227. The fourth-order valence-corrected chi connectivity index (χ4v) is 5.68. The van der Waals surface area contributed by atoms with Crippen molar-refractivity contribution in [2.24, 2.45) is 0 Å². The Kier molecular flexibility index (Phi) is 4.07. The molecule has 0 radical (unpaired) electrons. The highest BCUT2D eigenvalue weighted by molar-refractivity contribution is 7.15. The number of ketones is 1. The minimum Gasteiger partial charge on any atom is -0.299 e. The molecular weight excluding hydrogens is 338 g/mol. The number of carbonyl (C=O) groups is 1. The highest BCUT2D eigenvalue weighted by Gasteiger charge is 2.48. The first-order valence-electron chi connectivity index (χ1n) is 9.09. The average molecular weight is 362 g/mol. The number of fused-ring (bicyclic) bond motifs is 1. The van der Waals surface area contributed by atoms with Gasteiger partial charge in [-0.25, -0.2) is 4.98 Å². The van der Waals surface area contributed by atoms with Gasteiger partial charge in [0, 0.05) is 10.4 Å². The molecule has 0 saturated heterocycles. The molecule has 26 heavy (non-hydrogen) atoms. The molecule has 2 nitrogen and oxygen atoms in total. The van der Waals surface area contributed by atoms with Gasteiger partial charge in [-0.3, -0.25) is 4.79 Å². The summed E-state index contributed by atoms with van der Waals surface area (Å²) in [5, 5.41) is 1.03. The first kappa shape index (κ1) is 17.2. The zero-order chi connectivity index (χ0) is 18.5. The molecule has 0 bridgehead atoms. The molecule has 4 rings (SSSR count). The van der Waals surface area contributed by atoms with Crippen LogP contribution in [0.15, 0.2) is 42.5 Å². The average Bonchev–Trinajstić information content (AvgIpc) is 3.17. The quantitative estimate of drug-likeness (QED) is 0.611. The minimum atomic E-state index is -0.538. The first-order valence-corrected chi connectivity index (χ1v) is 9.90. The number of thiazole rings is 1. The Labute approximate surface area is 158 Å². The third-order valence-electron chi connectivity index (χ3n) is 5.86. The van der Waals surface area contributed by atoms with Crippen LogP contribution in [0.3, 0.4) is 0 Å². The second-order valence-corrected chi connectivity index (χ2v) is 8.32. The van der Waals surface area contributed by atoms with Crippen molar-refractivity contribution < 1.29 is 4.79 Å². The molecule has 0 spiro atoms. The molecule has 0 fully saturated rings. The van der Waals surface area contributed by atoms with Gasteiger partial charge < -0.3 is 0 Å². The summed E-state index contributed by atoms with van der Waals surface area (Å²) in [5.41, 5.74) is 6.57. The van der Waals surface area contributed by atoms with Crippen molar-refractivity contribution in [2.75, 3.05) is 0 Å². The van der Waals surface area contributed by atoms with E-state index >= 15 is 0 Å². The maximum absolute atomic E-state index is 13.0. The number of rotatable bonds is 3. The topological polar surface area (TPSA) is 30.0 Å². The maximum atomic E-state index is 13.0. The van der Waals surface area contributed by atoms with Crippen LogP contribution in [0.25, 0.3) is 10.6 Å². The van der Waals surface area contributed by atoms with Crippen molar-refractivity contribution in [1.82, 2.24) is 4.98 Å². The molecule has 0 N–H and O–H groups in total. The predicted octanol–water partition coefficient (Wildman–Crippen LogP) is 5.56. The van der Waals surface area contributed by atoms with Crippen LogP contribution in [-0.2, 0) is 16.6 Å². The summed E-state index contributed by atoms with van der Waals surface area (Å²) in [6, 6.07) is 14.7. The molecule has 0 unspecified atom stereocenters. The summed E-state index contributed by atoms with van der Waals surface area (Å²) < 4.78 is 0. The molecule has 1 aliphatic rings. The van der Waals surface area contributed by atoms with Gasteiger partial charge in [-0.05, 0) is 62.8 Å². The fourth-order valence-electron chi connectivity index (χ4n) is 4.20. The van der Waals surface area contributed by atoms with Gasteiger partial charge in [-0.1, -0.05) is 42.5 Å². The van der Waals surface area contributed by atoms with E-state index in [1.165, 1.54) is 22.3 Å². The third kappa shape index (κ3) is 2.38. The van der Waals surface area contributed by atoms with E-state index in [1.54, 1.807) is 18.3 Å². The lowest BCUT2D eigenvalue weighted by Crippen LogP contribution is -2.33. The zero-order valence-electron chi connectivity index (χ0n) is 15.7. The molecule has 0 amide bonds. The van der Waals surface area contributed by atoms with Crippen LogP contribution in [-0.4, -0.2) is 10.8 Å².